The molecule has 190 valence electrons. The van der Waals surface area contributed by atoms with Gasteiger partial charge in [-0.2, -0.15) is 15.5 Å². The van der Waals surface area contributed by atoms with Gasteiger partial charge >= 0.3 is 5.69 Å². The molecule has 0 aliphatic carbocycles. The van der Waals surface area contributed by atoms with Crippen LogP contribution in [0.15, 0.2) is 28.9 Å². The van der Waals surface area contributed by atoms with Crippen molar-refractivity contribution in [2.45, 2.75) is 88.5 Å². The van der Waals surface area contributed by atoms with Crippen molar-refractivity contribution in [3.63, 3.8) is 0 Å². The smallest absolute Gasteiger partial charge is 0.351 e. The summed E-state index contributed by atoms with van der Waals surface area (Å²) in [5, 5.41) is 40.2. The molecule has 0 amide bonds. The van der Waals surface area contributed by atoms with E-state index in [0.29, 0.717) is 0 Å². The number of anilines is 1. The van der Waals surface area contributed by atoms with Crippen LogP contribution < -0.4 is 11.4 Å². The summed E-state index contributed by atoms with van der Waals surface area (Å²) >= 11 is 0. The number of nitrogens with two attached hydrogens (primary N) is 1. The Labute approximate surface area is 203 Å². The molecule has 3 rings (SSSR count). The summed E-state index contributed by atoms with van der Waals surface area (Å²) < 4.78 is 25.4. The maximum absolute atomic E-state index is 12.6. The molecule has 0 bridgehead atoms. The Balaban J connectivity index is 1.98. The van der Waals surface area contributed by atoms with Crippen molar-refractivity contribution in [3.8, 4) is 12.1 Å². The second-order valence-electron chi connectivity index (χ2n) is 9.06. The van der Waals surface area contributed by atoms with E-state index in [2.05, 4.69) is 4.98 Å². The first-order valence-corrected chi connectivity index (χ1v) is 11.4. The number of aromatic nitrogens is 2. The molecule has 12 heteroatoms. The van der Waals surface area contributed by atoms with Crippen LogP contribution in [0.5, 0.6) is 0 Å². The Bertz CT molecular complexity index is 1100. The molecule has 0 spiro atoms. The van der Waals surface area contributed by atoms with Crippen LogP contribution in [0.25, 0.3) is 0 Å². The molecule has 12 nitrogen and oxygen atoms in total. The second kappa shape index (κ2) is 9.93. The van der Waals surface area contributed by atoms with Gasteiger partial charge in [-0.25, -0.2) is 4.79 Å². The lowest BCUT2D eigenvalue weighted by Gasteiger charge is -2.40. The van der Waals surface area contributed by atoms with Gasteiger partial charge in [0.25, 0.3) is 0 Å². The quantitative estimate of drug-likeness (QED) is 0.330. The number of aliphatic hydroxyl groups is 2. The Hall–Kier alpha value is -3.00. The summed E-state index contributed by atoms with van der Waals surface area (Å²) in [5.41, 5.74) is 2.00. The lowest BCUT2D eigenvalue weighted by molar-refractivity contribution is -0.294. The maximum Gasteiger partial charge on any atom is 0.351 e. The zero-order valence-corrected chi connectivity index (χ0v) is 20.2. The van der Waals surface area contributed by atoms with Gasteiger partial charge in [-0.15, -0.1) is 0 Å². The van der Waals surface area contributed by atoms with Crippen molar-refractivity contribution in [3.05, 3.63) is 34.6 Å². The van der Waals surface area contributed by atoms with Gasteiger partial charge in [0, 0.05) is 6.20 Å². The first kappa shape index (κ1) is 26.6. The third-order valence-electron chi connectivity index (χ3n) is 6.70. The van der Waals surface area contributed by atoms with Crippen LogP contribution >= 0.6 is 0 Å². The minimum atomic E-state index is -1.68. The fourth-order valence-corrected chi connectivity index (χ4v) is 4.08. The van der Waals surface area contributed by atoms with Crippen molar-refractivity contribution in [2.75, 3.05) is 12.3 Å². The SMILES string of the molecule is CCC(C)(O)/C(=C/C#N)OC[C@H]1O[C@@H](n2ccc(N)nc2=O)C2OC(CC#N)(C(C)(O)CC)OC21. The van der Waals surface area contributed by atoms with Gasteiger partial charge in [0.1, 0.15) is 47.7 Å². The van der Waals surface area contributed by atoms with Crippen LogP contribution in [0.4, 0.5) is 5.82 Å². The largest absolute Gasteiger partial charge is 0.491 e. The van der Waals surface area contributed by atoms with Crippen molar-refractivity contribution in [1.82, 2.24) is 9.55 Å². The summed E-state index contributed by atoms with van der Waals surface area (Å²) in [4.78, 5) is 16.3. The number of hydrogen-bond donors (Lipinski definition) is 3. The van der Waals surface area contributed by atoms with Crippen LogP contribution in [0.1, 0.15) is 53.2 Å². The topological polar surface area (TPSA) is 186 Å². The Morgan fingerprint density at radius 1 is 1.31 bits per heavy atom. The van der Waals surface area contributed by atoms with Crippen molar-refractivity contribution < 1.29 is 29.2 Å². The van der Waals surface area contributed by atoms with E-state index in [4.69, 9.17) is 29.9 Å². The van der Waals surface area contributed by atoms with Crippen LogP contribution in [0.3, 0.4) is 0 Å². The van der Waals surface area contributed by atoms with Gasteiger partial charge in [0.2, 0.25) is 5.79 Å². The Kier molecular flexibility index (Phi) is 7.55. The van der Waals surface area contributed by atoms with E-state index in [1.165, 1.54) is 30.7 Å². The Morgan fingerprint density at radius 2 is 2.00 bits per heavy atom. The third kappa shape index (κ3) is 4.89. The first-order valence-electron chi connectivity index (χ1n) is 11.4. The summed E-state index contributed by atoms with van der Waals surface area (Å²) in [6, 6.07) is 5.29. The van der Waals surface area contributed by atoms with E-state index in [1.807, 2.05) is 12.1 Å². The van der Waals surface area contributed by atoms with Crippen LogP contribution in [-0.4, -0.2) is 61.7 Å². The van der Waals surface area contributed by atoms with E-state index in [1.54, 1.807) is 13.8 Å². The second-order valence-corrected chi connectivity index (χ2v) is 9.06. The van der Waals surface area contributed by atoms with Gasteiger partial charge in [0.05, 0.1) is 24.6 Å². The van der Waals surface area contributed by atoms with Gasteiger partial charge in [-0.3, -0.25) is 4.57 Å². The summed E-state index contributed by atoms with van der Waals surface area (Å²) in [6.07, 6.45) is -0.899. The minimum absolute atomic E-state index is 0.0325. The number of nitrogens with zero attached hydrogens (tertiary/aromatic N) is 4. The highest BCUT2D eigenvalue weighted by molar-refractivity contribution is 5.24. The number of hydrogen-bond acceptors (Lipinski definition) is 11. The van der Waals surface area contributed by atoms with Crippen molar-refractivity contribution in [1.29, 1.82) is 10.5 Å². The average Bonchev–Trinajstić information content (AvgIpc) is 3.34. The molecular formula is C23H31N5O7. The summed E-state index contributed by atoms with van der Waals surface area (Å²) in [7, 11) is 0. The molecule has 2 fully saturated rings. The fourth-order valence-electron chi connectivity index (χ4n) is 4.08. The molecule has 1 aromatic heterocycles. The molecule has 5 unspecified atom stereocenters. The number of fused-ring (bicyclic) bond motifs is 1. The molecule has 7 atom stereocenters. The van der Waals surface area contributed by atoms with E-state index in [9.17, 15) is 20.3 Å². The molecule has 2 saturated heterocycles. The van der Waals surface area contributed by atoms with Gasteiger partial charge in [-0.1, -0.05) is 13.8 Å². The number of rotatable bonds is 9. The molecule has 1 aromatic rings. The molecule has 2 aliphatic heterocycles. The Morgan fingerprint density at radius 3 is 2.57 bits per heavy atom. The number of nitriles is 2. The monoisotopic (exact) mass is 489 g/mol. The van der Waals surface area contributed by atoms with Crippen molar-refractivity contribution >= 4 is 5.82 Å². The van der Waals surface area contributed by atoms with Gasteiger partial charge in [0.15, 0.2) is 6.23 Å². The molecule has 2 aliphatic rings. The fraction of sp³-hybridized carbons (Fsp3) is 0.652. The first-order chi connectivity index (χ1) is 16.4. The number of ether oxygens (including phenoxy) is 4. The molecule has 4 N–H and O–H groups in total. The van der Waals surface area contributed by atoms with E-state index in [0.717, 1.165) is 6.08 Å². The highest BCUT2D eigenvalue weighted by atomic mass is 16.8. The van der Waals surface area contributed by atoms with Crippen LogP contribution in [-0.2, 0) is 18.9 Å². The zero-order chi connectivity index (χ0) is 26.0. The average molecular weight is 490 g/mol. The van der Waals surface area contributed by atoms with Crippen LogP contribution in [0.2, 0.25) is 0 Å². The molecule has 0 aromatic carbocycles. The molecular weight excluding hydrogens is 458 g/mol. The lowest BCUT2D eigenvalue weighted by Crippen LogP contribution is -2.54. The number of nitrogen functional groups attached to an aromatic ring is 1. The molecule has 35 heavy (non-hydrogen) atoms. The highest BCUT2D eigenvalue weighted by Crippen LogP contribution is 2.49. The van der Waals surface area contributed by atoms with E-state index in [-0.39, 0.29) is 37.4 Å². The molecule has 0 saturated carbocycles. The van der Waals surface area contributed by atoms with Gasteiger partial charge in [-0.05, 0) is 32.8 Å². The highest BCUT2D eigenvalue weighted by Gasteiger charge is 2.64. The maximum atomic E-state index is 12.6. The summed E-state index contributed by atoms with van der Waals surface area (Å²) in [5.74, 6) is -1.61. The molecule has 3 heterocycles. The summed E-state index contributed by atoms with van der Waals surface area (Å²) in [6.45, 7) is 6.33. The predicted molar refractivity (Wildman–Crippen MR) is 121 cm³/mol. The van der Waals surface area contributed by atoms with Crippen molar-refractivity contribution in [2.24, 2.45) is 0 Å². The predicted octanol–water partition coefficient (Wildman–Crippen LogP) is 0.863. The van der Waals surface area contributed by atoms with Crippen LogP contribution in [0, 0.1) is 22.7 Å². The standard InChI is InChI=1S/C23H31N5O7/c1-5-21(3,30)15(7-10-24)32-13-14-17-18(19(33-14)28-12-8-16(26)27-20(28)29)35-23(34-17,9-11-25)22(4,31)6-2/h7-8,12,14,17-19,30-31H,5-6,9,13H2,1-4H3,(H2,26,27,29)/b15-7-/t14-,17?,18?,19-,21?,22?,23?/m1/s1. The minimum Gasteiger partial charge on any atom is -0.491 e. The lowest BCUT2D eigenvalue weighted by atomic mass is 9.90. The normalized spacial score (nSPS) is 31.6. The zero-order valence-electron chi connectivity index (χ0n) is 20.2. The van der Waals surface area contributed by atoms with E-state index < -0.39 is 47.2 Å². The number of allylic oxidation sites excluding steroid dienone is 1. The van der Waals surface area contributed by atoms with Gasteiger partial charge < -0.3 is 34.9 Å². The molecule has 0 radical (unpaired) electrons. The third-order valence-corrected chi connectivity index (χ3v) is 6.70. The van der Waals surface area contributed by atoms with E-state index >= 15 is 0 Å².